The maximum Gasteiger partial charge on any atom is 0.221 e. The van der Waals surface area contributed by atoms with Gasteiger partial charge in [-0.15, -0.1) is 0 Å². The van der Waals surface area contributed by atoms with Crippen LogP contribution in [-0.4, -0.2) is 18.4 Å². The summed E-state index contributed by atoms with van der Waals surface area (Å²) in [6.07, 6.45) is 0. The number of amides is 1. The number of hydrogen-bond acceptors (Lipinski definition) is 2. The van der Waals surface area contributed by atoms with Gasteiger partial charge >= 0.3 is 0 Å². The molecule has 1 aromatic carbocycles. The molecular formula is C13H20N4O. The third kappa shape index (κ3) is 4.45. The van der Waals surface area contributed by atoms with E-state index in [2.05, 4.69) is 15.6 Å². The average molecular weight is 248 g/mol. The third-order valence-electron chi connectivity index (χ3n) is 2.40. The predicted molar refractivity (Wildman–Crippen MR) is 74.5 cm³/mol. The average Bonchev–Trinajstić information content (AvgIpc) is 2.28. The lowest BCUT2D eigenvalue weighted by Crippen LogP contribution is -2.33. The molecular weight excluding hydrogens is 228 g/mol. The number of carbonyl (C=O) groups is 1. The second-order valence-corrected chi connectivity index (χ2v) is 4.03. The first-order chi connectivity index (χ1) is 8.52. The number of nitrogens with zero attached hydrogens (tertiary/aromatic N) is 1. The van der Waals surface area contributed by atoms with E-state index in [0.717, 1.165) is 11.3 Å². The Hall–Kier alpha value is -2.04. The lowest BCUT2D eigenvalue weighted by Gasteiger charge is -2.15. The molecule has 0 aliphatic heterocycles. The minimum Gasteiger partial charge on any atom is -0.370 e. The van der Waals surface area contributed by atoms with Crippen molar-refractivity contribution in [2.24, 2.45) is 10.7 Å². The molecule has 0 saturated carbocycles. The summed E-state index contributed by atoms with van der Waals surface area (Å²) in [5.41, 5.74) is 7.53. The SMILES string of the molecule is CCN=C(N)NC(C)c1cccc(NC(C)=O)c1. The van der Waals surface area contributed by atoms with Gasteiger partial charge in [-0.25, -0.2) is 0 Å². The van der Waals surface area contributed by atoms with Crippen LogP contribution in [-0.2, 0) is 4.79 Å². The van der Waals surface area contributed by atoms with E-state index < -0.39 is 0 Å². The molecule has 0 bridgehead atoms. The van der Waals surface area contributed by atoms with Crippen molar-refractivity contribution in [1.82, 2.24) is 5.32 Å². The van der Waals surface area contributed by atoms with Gasteiger partial charge in [-0.05, 0) is 31.5 Å². The van der Waals surface area contributed by atoms with Crippen molar-refractivity contribution in [1.29, 1.82) is 0 Å². The quantitative estimate of drug-likeness (QED) is 0.559. The van der Waals surface area contributed by atoms with E-state index in [0.29, 0.717) is 12.5 Å². The van der Waals surface area contributed by atoms with Gasteiger partial charge in [0.25, 0.3) is 0 Å². The number of carbonyl (C=O) groups excluding carboxylic acids is 1. The van der Waals surface area contributed by atoms with Gasteiger partial charge in [-0.3, -0.25) is 9.79 Å². The fraction of sp³-hybridized carbons (Fsp3) is 0.385. The smallest absolute Gasteiger partial charge is 0.221 e. The maximum atomic E-state index is 11.0. The highest BCUT2D eigenvalue weighted by molar-refractivity contribution is 5.88. The summed E-state index contributed by atoms with van der Waals surface area (Å²) in [6, 6.07) is 7.67. The van der Waals surface area contributed by atoms with E-state index in [-0.39, 0.29) is 11.9 Å². The highest BCUT2D eigenvalue weighted by atomic mass is 16.1. The summed E-state index contributed by atoms with van der Waals surface area (Å²) >= 11 is 0. The van der Waals surface area contributed by atoms with Crippen LogP contribution in [0.3, 0.4) is 0 Å². The van der Waals surface area contributed by atoms with Crippen LogP contribution in [0.25, 0.3) is 0 Å². The first kappa shape index (κ1) is 14.0. The van der Waals surface area contributed by atoms with Crippen molar-refractivity contribution >= 4 is 17.6 Å². The molecule has 1 rings (SSSR count). The van der Waals surface area contributed by atoms with Gasteiger partial charge in [-0.2, -0.15) is 0 Å². The molecule has 5 heteroatoms. The van der Waals surface area contributed by atoms with Gasteiger partial charge in [0.2, 0.25) is 5.91 Å². The first-order valence-electron chi connectivity index (χ1n) is 5.97. The van der Waals surface area contributed by atoms with Crippen LogP contribution in [0.2, 0.25) is 0 Å². The van der Waals surface area contributed by atoms with Crippen molar-refractivity contribution in [2.45, 2.75) is 26.8 Å². The van der Waals surface area contributed by atoms with Gasteiger partial charge in [-0.1, -0.05) is 12.1 Å². The Kier molecular flexibility index (Phi) is 5.17. The van der Waals surface area contributed by atoms with Crippen molar-refractivity contribution in [3.8, 4) is 0 Å². The number of guanidine groups is 1. The van der Waals surface area contributed by atoms with Crippen LogP contribution in [0, 0.1) is 0 Å². The van der Waals surface area contributed by atoms with Crippen LogP contribution in [0.1, 0.15) is 32.4 Å². The van der Waals surface area contributed by atoms with Crippen LogP contribution in [0.4, 0.5) is 5.69 Å². The monoisotopic (exact) mass is 248 g/mol. The highest BCUT2D eigenvalue weighted by Gasteiger charge is 2.06. The van der Waals surface area contributed by atoms with E-state index in [1.54, 1.807) is 0 Å². The van der Waals surface area contributed by atoms with Crippen LogP contribution in [0.15, 0.2) is 29.3 Å². The van der Waals surface area contributed by atoms with Crippen molar-refractivity contribution < 1.29 is 4.79 Å². The lowest BCUT2D eigenvalue weighted by molar-refractivity contribution is -0.114. The zero-order valence-electron chi connectivity index (χ0n) is 11.0. The summed E-state index contributed by atoms with van der Waals surface area (Å²) < 4.78 is 0. The molecule has 0 saturated heterocycles. The number of rotatable bonds is 4. The Bertz CT molecular complexity index is 442. The molecule has 1 amide bonds. The van der Waals surface area contributed by atoms with Gasteiger partial charge in [0.05, 0.1) is 6.04 Å². The Balaban J connectivity index is 2.76. The minimum absolute atomic E-state index is 0.0361. The molecule has 98 valence electrons. The molecule has 1 atom stereocenters. The minimum atomic E-state index is -0.0835. The lowest BCUT2D eigenvalue weighted by atomic mass is 10.1. The van der Waals surface area contributed by atoms with E-state index in [9.17, 15) is 4.79 Å². The van der Waals surface area contributed by atoms with E-state index in [1.165, 1.54) is 6.92 Å². The fourth-order valence-electron chi connectivity index (χ4n) is 1.61. The Morgan fingerprint density at radius 2 is 2.22 bits per heavy atom. The summed E-state index contributed by atoms with van der Waals surface area (Å²) in [6.45, 7) is 6.05. The number of hydrogen-bond donors (Lipinski definition) is 3. The molecule has 1 aromatic rings. The van der Waals surface area contributed by atoms with Crippen LogP contribution >= 0.6 is 0 Å². The topological polar surface area (TPSA) is 79.5 Å². The molecule has 5 nitrogen and oxygen atoms in total. The maximum absolute atomic E-state index is 11.0. The Morgan fingerprint density at radius 3 is 2.83 bits per heavy atom. The standard InChI is InChI=1S/C13H20N4O/c1-4-15-13(14)16-9(2)11-6-5-7-12(8-11)17-10(3)18/h5-9H,4H2,1-3H3,(H,17,18)(H3,14,15,16). The number of nitrogens with one attached hydrogen (secondary N) is 2. The molecule has 0 fully saturated rings. The van der Waals surface area contributed by atoms with Crippen molar-refractivity contribution in [3.63, 3.8) is 0 Å². The summed E-state index contributed by atoms with van der Waals surface area (Å²) in [5.74, 6) is 0.342. The molecule has 0 aromatic heterocycles. The van der Waals surface area contributed by atoms with E-state index in [4.69, 9.17) is 5.73 Å². The molecule has 0 spiro atoms. The number of benzene rings is 1. The second-order valence-electron chi connectivity index (χ2n) is 4.03. The van der Waals surface area contributed by atoms with Crippen molar-refractivity contribution in [2.75, 3.05) is 11.9 Å². The van der Waals surface area contributed by atoms with Gasteiger partial charge in [0, 0.05) is 19.2 Å². The summed E-state index contributed by atoms with van der Waals surface area (Å²) in [5, 5.41) is 5.84. The Labute approximate surface area is 107 Å². The molecule has 0 radical (unpaired) electrons. The molecule has 0 aliphatic carbocycles. The molecule has 18 heavy (non-hydrogen) atoms. The third-order valence-corrected chi connectivity index (χ3v) is 2.40. The van der Waals surface area contributed by atoms with Gasteiger partial charge in [0.1, 0.15) is 0 Å². The zero-order valence-corrected chi connectivity index (χ0v) is 11.0. The number of nitrogens with two attached hydrogens (primary N) is 1. The summed E-state index contributed by atoms with van der Waals surface area (Å²) in [7, 11) is 0. The summed E-state index contributed by atoms with van der Waals surface area (Å²) in [4.78, 5) is 15.1. The molecule has 0 aliphatic rings. The first-order valence-corrected chi connectivity index (χ1v) is 5.97. The zero-order chi connectivity index (χ0) is 13.5. The number of anilines is 1. The fourth-order valence-corrected chi connectivity index (χ4v) is 1.61. The Morgan fingerprint density at radius 1 is 1.50 bits per heavy atom. The highest BCUT2D eigenvalue weighted by Crippen LogP contribution is 2.17. The molecule has 1 unspecified atom stereocenters. The second kappa shape index (κ2) is 6.64. The van der Waals surface area contributed by atoms with E-state index >= 15 is 0 Å². The largest absolute Gasteiger partial charge is 0.370 e. The van der Waals surface area contributed by atoms with Crippen LogP contribution < -0.4 is 16.4 Å². The van der Waals surface area contributed by atoms with Gasteiger partial charge < -0.3 is 16.4 Å². The molecule has 0 heterocycles. The van der Waals surface area contributed by atoms with Gasteiger partial charge in [0.15, 0.2) is 5.96 Å². The van der Waals surface area contributed by atoms with E-state index in [1.807, 2.05) is 38.1 Å². The predicted octanol–water partition coefficient (Wildman–Crippen LogP) is 1.63. The van der Waals surface area contributed by atoms with Crippen molar-refractivity contribution in [3.05, 3.63) is 29.8 Å². The van der Waals surface area contributed by atoms with Crippen LogP contribution in [0.5, 0.6) is 0 Å². The normalized spacial score (nSPS) is 12.9. The molecule has 4 N–H and O–H groups in total. The number of aliphatic imine (C=N–C) groups is 1.